The van der Waals surface area contributed by atoms with Crippen molar-refractivity contribution in [1.82, 2.24) is 10.3 Å². The summed E-state index contributed by atoms with van der Waals surface area (Å²) < 4.78 is 5.47. The minimum atomic E-state index is -0.0289. The molecule has 0 atom stereocenters. The van der Waals surface area contributed by atoms with E-state index in [0.717, 1.165) is 33.3 Å². The van der Waals surface area contributed by atoms with Gasteiger partial charge in [0, 0.05) is 37.3 Å². The molecular weight excluding hydrogens is 370 g/mol. The van der Waals surface area contributed by atoms with Gasteiger partial charge in [-0.2, -0.15) is 0 Å². The van der Waals surface area contributed by atoms with Crippen LogP contribution < -0.4 is 15.0 Å². The second-order valence-electron chi connectivity index (χ2n) is 6.62. The van der Waals surface area contributed by atoms with Gasteiger partial charge in [0.25, 0.3) is 0 Å². The number of nitrogens with one attached hydrogen (secondary N) is 1. The lowest BCUT2D eigenvalue weighted by atomic mass is 10.2. The lowest BCUT2D eigenvalue weighted by Crippen LogP contribution is -2.24. The van der Waals surface area contributed by atoms with Gasteiger partial charge in [0.15, 0.2) is 0 Å². The molecule has 28 heavy (non-hydrogen) atoms. The van der Waals surface area contributed by atoms with Crippen molar-refractivity contribution >= 4 is 22.9 Å². The van der Waals surface area contributed by atoms with E-state index in [1.54, 1.807) is 11.3 Å². The minimum Gasteiger partial charge on any atom is -0.494 e. The number of rotatable bonds is 8. The van der Waals surface area contributed by atoms with Gasteiger partial charge < -0.3 is 15.0 Å². The first-order chi connectivity index (χ1) is 13.5. The molecule has 3 rings (SSSR count). The fraction of sp³-hybridized carbons (Fsp3) is 0.273. The molecule has 0 aliphatic rings. The summed E-state index contributed by atoms with van der Waals surface area (Å²) in [7, 11) is 4.00. The van der Waals surface area contributed by atoms with Crippen LogP contribution in [-0.4, -0.2) is 31.6 Å². The first kappa shape index (κ1) is 19.9. The van der Waals surface area contributed by atoms with Crippen molar-refractivity contribution in [2.24, 2.45) is 0 Å². The number of aromatic nitrogens is 1. The number of amides is 1. The molecule has 1 N–H and O–H groups in total. The first-order valence-electron chi connectivity index (χ1n) is 9.25. The van der Waals surface area contributed by atoms with E-state index in [2.05, 4.69) is 16.4 Å². The van der Waals surface area contributed by atoms with Crippen LogP contribution in [0.5, 0.6) is 5.75 Å². The van der Waals surface area contributed by atoms with Gasteiger partial charge in [0.05, 0.1) is 18.7 Å². The Morgan fingerprint density at radius 3 is 2.68 bits per heavy atom. The van der Waals surface area contributed by atoms with Gasteiger partial charge in [-0.3, -0.25) is 4.79 Å². The Bertz CT molecular complexity index is 920. The second-order valence-corrected chi connectivity index (χ2v) is 7.48. The number of hydrogen-bond donors (Lipinski definition) is 1. The molecule has 0 aliphatic carbocycles. The number of hydrogen-bond acceptors (Lipinski definition) is 5. The average Bonchev–Trinajstić information content (AvgIpc) is 3.16. The summed E-state index contributed by atoms with van der Waals surface area (Å²) in [5.74, 6) is 0.819. The third-order valence-corrected chi connectivity index (χ3v) is 5.16. The van der Waals surface area contributed by atoms with Crippen LogP contribution in [0.1, 0.15) is 18.2 Å². The molecule has 0 spiro atoms. The number of anilines is 1. The molecule has 1 heterocycles. The molecule has 3 aromatic rings. The smallest absolute Gasteiger partial charge is 0.226 e. The fourth-order valence-corrected chi connectivity index (χ4v) is 3.58. The molecule has 0 radical (unpaired) electrons. The summed E-state index contributed by atoms with van der Waals surface area (Å²) in [5.41, 5.74) is 4.01. The Hall–Kier alpha value is -2.86. The molecule has 0 saturated heterocycles. The zero-order valence-electron chi connectivity index (χ0n) is 16.4. The Morgan fingerprint density at radius 1 is 1.18 bits per heavy atom. The number of nitrogens with zero attached hydrogens (tertiary/aromatic N) is 2. The summed E-state index contributed by atoms with van der Waals surface area (Å²) in [4.78, 5) is 18.9. The van der Waals surface area contributed by atoms with Crippen molar-refractivity contribution in [3.63, 3.8) is 0 Å². The van der Waals surface area contributed by atoms with Crippen LogP contribution in [0.15, 0.2) is 53.9 Å². The topological polar surface area (TPSA) is 54.5 Å². The maximum absolute atomic E-state index is 12.3. The number of thiazole rings is 1. The number of ether oxygens (including phenoxy) is 1. The highest BCUT2D eigenvalue weighted by atomic mass is 32.1. The van der Waals surface area contributed by atoms with Gasteiger partial charge in [-0.15, -0.1) is 11.3 Å². The van der Waals surface area contributed by atoms with Gasteiger partial charge in [-0.25, -0.2) is 4.98 Å². The Kier molecular flexibility index (Phi) is 6.66. The molecule has 6 heteroatoms. The molecule has 5 nitrogen and oxygen atoms in total. The number of carbonyl (C=O) groups excluding carboxylic acids is 1. The molecule has 2 aromatic carbocycles. The molecule has 146 valence electrons. The highest BCUT2D eigenvalue weighted by molar-refractivity contribution is 7.13. The lowest BCUT2D eigenvalue weighted by Gasteiger charge is -2.13. The van der Waals surface area contributed by atoms with Crippen molar-refractivity contribution in [3.8, 4) is 16.3 Å². The summed E-state index contributed by atoms with van der Waals surface area (Å²) in [6, 6.07) is 16.0. The van der Waals surface area contributed by atoms with Crippen molar-refractivity contribution in [2.75, 3.05) is 25.6 Å². The Morgan fingerprint density at radius 2 is 1.96 bits per heavy atom. The molecule has 0 aliphatic heterocycles. The van der Waals surface area contributed by atoms with Crippen molar-refractivity contribution < 1.29 is 9.53 Å². The molecule has 0 bridgehead atoms. The maximum atomic E-state index is 12.3. The van der Waals surface area contributed by atoms with Gasteiger partial charge in [0.1, 0.15) is 10.8 Å². The van der Waals surface area contributed by atoms with E-state index >= 15 is 0 Å². The van der Waals surface area contributed by atoms with Gasteiger partial charge in [0.2, 0.25) is 5.91 Å². The first-order valence-corrected chi connectivity index (χ1v) is 10.1. The fourth-order valence-electron chi connectivity index (χ4n) is 2.75. The minimum absolute atomic E-state index is 0.0289. The molecule has 0 saturated carbocycles. The lowest BCUT2D eigenvalue weighted by molar-refractivity contribution is -0.120. The molecule has 1 aromatic heterocycles. The van der Waals surface area contributed by atoms with Crippen LogP contribution in [0.2, 0.25) is 0 Å². The van der Waals surface area contributed by atoms with Crippen LogP contribution in [0.25, 0.3) is 10.6 Å². The summed E-state index contributed by atoms with van der Waals surface area (Å²) in [6.45, 7) is 3.12. The van der Waals surface area contributed by atoms with Gasteiger partial charge in [-0.1, -0.05) is 12.1 Å². The average molecular weight is 396 g/mol. The monoisotopic (exact) mass is 395 g/mol. The standard InChI is InChI=1S/C22H25N3O2S/c1-4-27-20-10-8-17(9-11-20)22-24-18(15-28-22)13-21(26)23-14-16-6-5-7-19(12-16)25(2)3/h5-12,15H,4,13-14H2,1-3H3,(H,23,26). The molecule has 1 amide bonds. The quantitative estimate of drug-likeness (QED) is 0.623. The van der Waals surface area contributed by atoms with Crippen LogP contribution in [-0.2, 0) is 17.8 Å². The zero-order chi connectivity index (χ0) is 19.9. The Balaban J connectivity index is 1.55. The number of carbonyl (C=O) groups is 1. The highest BCUT2D eigenvalue weighted by Gasteiger charge is 2.09. The normalized spacial score (nSPS) is 10.5. The van der Waals surface area contributed by atoms with E-state index in [4.69, 9.17) is 4.74 Å². The molecular formula is C22H25N3O2S. The largest absolute Gasteiger partial charge is 0.494 e. The van der Waals surface area contributed by atoms with E-state index in [9.17, 15) is 4.79 Å². The predicted molar refractivity (Wildman–Crippen MR) is 115 cm³/mol. The van der Waals surface area contributed by atoms with E-state index in [1.807, 2.05) is 73.8 Å². The number of benzene rings is 2. The third-order valence-electron chi connectivity index (χ3n) is 4.22. The SMILES string of the molecule is CCOc1ccc(-c2nc(CC(=O)NCc3cccc(N(C)C)c3)cs2)cc1. The predicted octanol–water partition coefficient (Wildman–Crippen LogP) is 4.13. The summed E-state index contributed by atoms with van der Waals surface area (Å²) >= 11 is 1.55. The van der Waals surface area contributed by atoms with Crippen LogP contribution in [0, 0.1) is 0 Å². The van der Waals surface area contributed by atoms with E-state index in [-0.39, 0.29) is 12.3 Å². The zero-order valence-corrected chi connectivity index (χ0v) is 17.3. The van der Waals surface area contributed by atoms with Gasteiger partial charge in [-0.05, 0) is 48.9 Å². The summed E-state index contributed by atoms with van der Waals surface area (Å²) in [5, 5.41) is 5.82. The molecule has 0 fully saturated rings. The van der Waals surface area contributed by atoms with Crippen molar-refractivity contribution in [3.05, 3.63) is 65.2 Å². The third kappa shape index (κ3) is 5.33. The second kappa shape index (κ2) is 9.37. The highest BCUT2D eigenvalue weighted by Crippen LogP contribution is 2.26. The van der Waals surface area contributed by atoms with E-state index in [0.29, 0.717) is 13.2 Å². The maximum Gasteiger partial charge on any atom is 0.226 e. The van der Waals surface area contributed by atoms with Crippen molar-refractivity contribution in [2.45, 2.75) is 19.9 Å². The van der Waals surface area contributed by atoms with Gasteiger partial charge >= 0.3 is 0 Å². The van der Waals surface area contributed by atoms with Crippen LogP contribution in [0.4, 0.5) is 5.69 Å². The van der Waals surface area contributed by atoms with Crippen LogP contribution >= 0.6 is 11.3 Å². The molecule has 0 unspecified atom stereocenters. The van der Waals surface area contributed by atoms with E-state index < -0.39 is 0 Å². The summed E-state index contributed by atoms with van der Waals surface area (Å²) in [6.07, 6.45) is 0.279. The van der Waals surface area contributed by atoms with Crippen molar-refractivity contribution in [1.29, 1.82) is 0 Å². The Labute approximate surface area is 170 Å². The van der Waals surface area contributed by atoms with E-state index in [1.165, 1.54) is 0 Å². The van der Waals surface area contributed by atoms with Crippen LogP contribution in [0.3, 0.4) is 0 Å².